The van der Waals surface area contributed by atoms with Crippen LogP contribution in [0.15, 0.2) is 40.9 Å². The van der Waals surface area contributed by atoms with Gasteiger partial charge < -0.3 is 10.1 Å². The summed E-state index contributed by atoms with van der Waals surface area (Å²) < 4.78 is 20.0. The van der Waals surface area contributed by atoms with Gasteiger partial charge in [0.25, 0.3) is 0 Å². The first kappa shape index (κ1) is 15.8. The summed E-state index contributed by atoms with van der Waals surface area (Å²) in [6.07, 6.45) is 0.972. The molecule has 0 aliphatic heterocycles. The zero-order chi connectivity index (χ0) is 15.2. The average Bonchev–Trinajstić information content (AvgIpc) is 2.47. The molecule has 0 bridgehead atoms. The van der Waals surface area contributed by atoms with E-state index >= 15 is 0 Å². The van der Waals surface area contributed by atoms with Crippen LogP contribution in [-0.4, -0.2) is 6.61 Å². The van der Waals surface area contributed by atoms with Gasteiger partial charge in [-0.1, -0.05) is 22.9 Å². The Morgan fingerprint density at radius 3 is 2.71 bits per heavy atom. The molecule has 0 saturated heterocycles. The molecule has 1 N–H and O–H groups in total. The van der Waals surface area contributed by atoms with Crippen molar-refractivity contribution in [1.82, 2.24) is 0 Å². The molecular weight excluding hydrogens is 333 g/mol. The van der Waals surface area contributed by atoms with Crippen molar-refractivity contribution in [3.05, 3.63) is 57.8 Å². The van der Waals surface area contributed by atoms with Gasteiger partial charge in [-0.15, -0.1) is 0 Å². The SMILES string of the molecule is CCCOc1ccc(Br)cc1CNc1ccc(F)c(C)c1. The summed E-state index contributed by atoms with van der Waals surface area (Å²) in [5, 5.41) is 3.31. The highest BCUT2D eigenvalue weighted by molar-refractivity contribution is 9.10. The lowest BCUT2D eigenvalue weighted by molar-refractivity contribution is 0.314. The van der Waals surface area contributed by atoms with Gasteiger partial charge in [-0.2, -0.15) is 0 Å². The number of hydrogen-bond donors (Lipinski definition) is 1. The molecule has 0 aromatic heterocycles. The highest BCUT2D eigenvalue weighted by Gasteiger charge is 2.05. The molecule has 0 aliphatic carbocycles. The molecular formula is C17H19BrFNO. The summed E-state index contributed by atoms with van der Waals surface area (Å²) in [6.45, 7) is 5.17. The Labute approximate surface area is 133 Å². The quantitative estimate of drug-likeness (QED) is 0.762. The van der Waals surface area contributed by atoms with Crippen LogP contribution in [0.4, 0.5) is 10.1 Å². The van der Waals surface area contributed by atoms with Gasteiger partial charge in [0.2, 0.25) is 0 Å². The molecule has 0 aliphatic rings. The largest absolute Gasteiger partial charge is 0.493 e. The highest BCUT2D eigenvalue weighted by Crippen LogP contribution is 2.25. The summed E-state index contributed by atoms with van der Waals surface area (Å²) in [7, 11) is 0. The molecule has 0 fully saturated rings. The maximum Gasteiger partial charge on any atom is 0.126 e. The topological polar surface area (TPSA) is 21.3 Å². The van der Waals surface area contributed by atoms with E-state index in [0.717, 1.165) is 27.9 Å². The zero-order valence-electron chi connectivity index (χ0n) is 12.2. The molecule has 0 heterocycles. The molecule has 0 spiro atoms. The van der Waals surface area contributed by atoms with Crippen molar-refractivity contribution in [1.29, 1.82) is 0 Å². The maximum absolute atomic E-state index is 13.3. The second-order valence-electron chi connectivity index (χ2n) is 4.92. The Bertz CT molecular complexity index is 616. The lowest BCUT2D eigenvalue weighted by Gasteiger charge is -2.13. The lowest BCUT2D eigenvalue weighted by Crippen LogP contribution is -2.04. The Kier molecular flexibility index (Phi) is 5.62. The Morgan fingerprint density at radius 1 is 1.19 bits per heavy atom. The molecule has 0 amide bonds. The predicted octanol–water partition coefficient (Wildman–Crippen LogP) is 5.30. The van der Waals surface area contributed by atoms with E-state index in [1.807, 2.05) is 18.2 Å². The standard InChI is InChI=1S/C17H19BrFNO/c1-3-8-21-17-7-4-14(18)10-13(17)11-20-15-5-6-16(19)12(2)9-15/h4-7,9-10,20H,3,8,11H2,1-2H3. The number of benzene rings is 2. The van der Waals surface area contributed by atoms with Crippen LogP contribution < -0.4 is 10.1 Å². The van der Waals surface area contributed by atoms with E-state index in [2.05, 4.69) is 28.2 Å². The number of aryl methyl sites for hydroxylation is 1. The van der Waals surface area contributed by atoms with Crippen LogP contribution in [0.2, 0.25) is 0 Å². The molecule has 4 heteroatoms. The smallest absolute Gasteiger partial charge is 0.126 e. The van der Waals surface area contributed by atoms with Crippen molar-refractivity contribution >= 4 is 21.6 Å². The van der Waals surface area contributed by atoms with Gasteiger partial charge in [-0.3, -0.25) is 0 Å². The summed E-state index contributed by atoms with van der Waals surface area (Å²) in [6, 6.07) is 11.0. The number of rotatable bonds is 6. The van der Waals surface area contributed by atoms with Crippen LogP contribution >= 0.6 is 15.9 Å². The van der Waals surface area contributed by atoms with E-state index in [4.69, 9.17) is 4.74 Å². The molecule has 2 rings (SSSR count). The lowest BCUT2D eigenvalue weighted by atomic mass is 10.1. The first-order valence-electron chi connectivity index (χ1n) is 7.01. The normalized spacial score (nSPS) is 10.5. The van der Waals surface area contributed by atoms with E-state index in [1.165, 1.54) is 6.07 Å². The van der Waals surface area contributed by atoms with E-state index < -0.39 is 0 Å². The van der Waals surface area contributed by atoms with Crippen LogP contribution in [0.3, 0.4) is 0 Å². The molecule has 0 unspecified atom stereocenters. The second-order valence-corrected chi connectivity index (χ2v) is 5.83. The van der Waals surface area contributed by atoms with Gasteiger partial charge >= 0.3 is 0 Å². The number of ether oxygens (including phenoxy) is 1. The van der Waals surface area contributed by atoms with Crippen molar-refractivity contribution in [2.24, 2.45) is 0 Å². The molecule has 112 valence electrons. The predicted molar refractivity (Wildman–Crippen MR) is 88.4 cm³/mol. The number of hydrogen-bond acceptors (Lipinski definition) is 2. The maximum atomic E-state index is 13.3. The van der Waals surface area contributed by atoms with Crippen LogP contribution in [0.25, 0.3) is 0 Å². The Balaban J connectivity index is 2.10. The van der Waals surface area contributed by atoms with Crippen molar-refractivity contribution in [3.8, 4) is 5.75 Å². The third-order valence-electron chi connectivity index (χ3n) is 3.13. The van der Waals surface area contributed by atoms with Crippen LogP contribution in [0, 0.1) is 12.7 Å². The van der Waals surface area contributed by atoms with Crippen molar-refractivity contribution < 1.29 is 9.13 Å². The van der Waals surface area contributed by atoms with Gasteiger partial charge in [0.05, 0.1) is 6.61 Å². The zero-order valence-corrected chi connectivity index (χ0v) is 13.8. The molecule has 0 radical (unpaired) electrons. The molecule has 0 saturated carbocycles. The van der Waals surface area contributed by atoms with E-state index in [-0.39, 0.29) is 5.82 Å². The minimum absolute atomic E-state index is 0.185. The number of anilines is 1. The monoisotopic (exact) mass is 351 g/mol. The fraction of sp³-hybridized carbons (Fsp3) is 0.294. The van der Waals surface area contributed by atoms with Gasteiger partial charge in [0, 0.05) is 22.3 Å². The summed E-state index contributed by atoms with van der Waals surface area (Å²) in [4.78, 5) is 0. The van der Waals surface area contributed by atoms with Gasteiger partial charge in [-0.05, 0) is 55.3 Å². The van der Waals surface area contributed by atoms with Crippen molar-refractivity contribution in [3.63, 3.8) is 0 Å². The van der Waals surface area contributed by atoms with Crippen molar-refractivity contribution in [2.45, 2.75) is 26.8 Å². The van der Waals surface area contributed by atoms with Crippen molar-refractivity contribution in [2.75, 3.05) is 11.9 Å². The summed E-state index contributed by atoms with van der Waals surface area (Å²) in [5.41, 5.74) is 2.60. The second kappa shape index (κ2) is 7.46. The minimum Gasteiger partial charge on any atom is -0.493 e. The van der Waals surface area contributed by atoms with E-state index in [0.29, 0.717) is 18.7 Å². The number of nitrogens with one attached hydrogen (secondary N) is 1. The fourth-order valence-electron chi connectivity index (χ4n) is 1.99. The first-order chi connectivity index (χ1) is 10.1. The third-order valence-corrected chi connectivity index (χ3v) is 3.62. The fourth-order valence-corrected chi connectivity index (χ4v) is 2.40. The number of halogens is 2. The van der Waals surface area contributed by atoms with Crippen LogP contribution in [-0.2, 0) is 6.54 Å². The highest BCUT2D eigenvalue weighted by atomic mass is 79.9. The molecule has 0 atom stereocenters. The summed E-state index contributed by atoms with van der Waals surface area (Å²) in [5.74, 6) is 0.696. The van der Waals surface area contributed by atoms with Gasteiger partial charge in [-0.25, -0.2) is 4.39 Å². The molecule has 2 aromatic rings. The first-order valence-corrected chi connectivity index (χ1v) is 7.80. The van der Waals surface area contributed by atoms with Gasteiger partial charge in [0.15, 0.2) is 0 Å². The third kappa shape index (κ3) is 4.46. The molecule has 21 heavy (non-hydrogen) atoms. The Morgan fingerprint density at radius 2 is 2.00 bits per heavy atom. The van der Waals surface area contributed by atoms with E-state index in [1.54, 1.807) is 19.1 Å². The Hall–Kier alpha value is -1.55. The molecule has 2 nitrogen and oxygen atoms in total. The molecule has 2 aromatic carbocycles. The van der Waals surface area contributed by atoms with Gasteiger partial charge in [0.1, 0.15) is 11.6 Å². The minimum atomic E-state index is -0.185. The summed E-state index contributed by atoms with van der Waals surface area (Å²) >= 11 is 3.48. The van der Waals surface area contributed by atoms with Crippen LogP contribution in [0.1, 0.15) is 24.5 Å². The average molecular weight is 352 g/mol. The van der Waals surface area contributed by atoms with Crippen LogP contribution in [0.5, 0.6) is 5.75 Å². The van der Waals surface area contributed by atoms with E-state index in [9.17, 15) is 4.39 Å².